The molecule has 0 radical (unpaired) electrons. The molecule has 140 valence electrons. The SMILES string of the molecule is CCCOc1ccc(C(=O)NCCNC(=O)c2ccco2)cc1OCC. The minimum atomic E-state index is -0.319. The predicted molar refractivity (Wildman–Crippen MR) is 96.8 cm³/mol. The Morgan fingerprint density at radius 3 is 2.42 bits per heavy atom. The summed E-state index contributed by atoms with van der Waals surface area (Å²) >= 11 is 0. The molecule has 0 bridgehead atoms. The van der Waals surface area contributed by atoms with Crippen LogP contribution in [-0.2, 0) is 0 Å². The van der Waals surface area contributed by atoms with Gasteiger partial charge in [0.2, 0.25) is 0 Å². The summed E-state index contributed by atoms with van der Waals surface area (Å²) in [5, 5.41) is 5.41. The van der Waals surface area contributed by atoms with Crippen LogP contribution in [0.2, 0.25) is 0 Å². The molecule has 1 heterocycles. The minimum absolute atomic E-state index is 0.236. The Balaban J connectivity index is 1.86. The van der Waals surface area contributed by atoms with E-state index in [4.69, 9.17) is 13.9 Å². The first-order valence-corrected chi connectivity index (χ1v) is 8.65. The second kappa shape index (κ2) is 10.1. The highest BCUT2D eigenvalue weighted by Gasteiger charge is 2.12. The van der Waals surface area contributed by atoms with Crippen molar-refractivity contribution in [1.29, 1.82) is 0 Å². The summed E-state index contributed by atoms with van der Waals surface area (Å²) in [6, 6.07) is 8.29. The maximum absolute atomic E-state index is 12.3. The molecule has 2 rings (SSSR count). The van der Waals surface area contributed by atoms with Crippen LogP contribution in [0, 0.1) is 0 Å². The maximum atomic E-state index is 12.3. The van der Waals surface area contributed by atoms with Crippen LogP contribution in [0.5, 0.6) is 11.5 Å². The fourth-order valence-corrected chi connectivity index (χ4v) is 2.20. The quantitative estimate of drug-likeness (QED) is 0.636. The molecule has 0 saturated carbocycles. The molecule has 2 aromatic rings. The van der Waals surface area contributed by atoms with Crippen LogP contribution in [0.15, 0.2) is 41.0 Å². The summed E-state index contributed by atoms with van der Waals surface area (Å²) in [5.74, 6) is 0.830. The van der Waals surface area contributed by atoms with Gasteiger partial charge in [-0.25, -0.2) is 0 Å². The third kappa shape index (κ3) is 5.54. The largest absolute Gasteiger partial charge is 0.490 e. The van der Waals surface area contributed by atoms with E-state index in [1.165, 1.54) is 6.26 Å². The normalized spacial score (nSPS) is 10.2. The van der Waals surface area contributed by atoms with Gasteiger partial charge in [-0.2, -0.15) is 0 Å². The summed E-state index contributed by atoms with van der Waals surface area (Å²) in [6.07, 6.45) is 2.32. The first kappa shape index (κ1) is 19.4. The molecule has 0 spiro atoms. The molecule has 0 saturated heterocycles. The van der Waals surface area contributed by atoms with Gasteiger partial charge in [0.15, 0.2) is 17.3 Å². The zero-order valence-corrected chi connectivity index (χ0v) is 15.0. The van der Waals surface area contributed by atoms with Crippen molar-refractivity contribution in [2.24, 2.45) is 0 Å². The van der Waals surface area contributed by atoms with Gasteiger partial charge >= 0.3 is 0 Å². The van der Waals surface area contributed by atoms with E-state index in [2.05, 4.69) is 10.6 Å². The monoisotopic (exact) mass is 360 g/mol. The van der Waals surface area contributed by atoms with E-state index in [1.807, 2.05) is 13.8 Å². The fraction of sp³-hybridized carbons (Fsp3) is 0.368. The highest BCUT2D eigenvalue weighted by atomic mass is 16.5. The molecule has 0 atom stereocenters. The molecule has 2 N–H and O–H groups in total. The number of carbonyl (C=O) groups excluding carboxylic acids is 2. The predicted octanol–water partition coefficient (Wildman–Crippen LogP) is 2.63. The molecule has 1 aromatic carbocycles. The Morgan fingerprint density at radius 2 is 1.77 bits per heavy atom. The summed E-state index contributed by atoms with van der Waals surface area (Å²) in [5.41, 5.74) is 0.467. The van der Waals surface area contributed by atoms with E-state index in [-0.39, 0.29) is 17.6 Å². The fourth-order valence-electron chi connectivity index (χ4n) is 2.20. The van der Waals surface area contributed by atoms with Crippen molar-refractivity contribution in [3.05, 3.63) is 47.9 Å². The lowest BCUT2D eigenvalue weighted by atomic mass is 10.2. The first-order valence-electron chi connectivity index (χ1n) is 8.65. The molecular weight excluding hydrogens is 336 g/mol. The average molecular weight is 360 g/mol. The number of amides is 2. The third-order valence-electron chi connectivity index (χ3n) is 3.41. The Morgan fingerprint density at radius 1 is 1.00 bits per heavy atom. The lowest BCUT2D eigenvalue weighted by Crippen LogP contribution is -2.34. The Kier molecular flexibility index (Phi) is 7.54. The van der Waals surface area contributed by atoms with Crippen LogP contribution >= 0.6 is 0 Å². The van der Waals surface area contributed by atoms with Crippen LogP contribution in [-0.4, -0.2) is 38.1 Å². The van der Waals surface area contributed by atoms with E-state index >= 15 is 0 Å². The van der Waals surface area contributed by atoms with E-state index < -0.39 is 0 Å². The van der Waals surface area contributed by atoms with Gasteiger partial charge in [0.25, 0.3) is 11.8 Å². The van der Waals surface area contributed by atoms with Crippen LogP contribution < -0.4 is 20.1 Å². The molecular formula is C19H24N2O5. The van der Waals surface area contributed by atoms with Crippen molar-refractivity contribution >= 4 is 11.8 Å². The first-order chi connectivity index (χ1) is 12.7. The van der Waals surface area contributed by atoms with Gasteiger partial charge < -0.3 is 24.5 Å². The summed E-state index contributed by atoms with van der Waals surface area (Å²) in [4.78, 5) is 24.0. The molecule has 1 aromatic heterocycles. The van der Waals surface area contributed by atoms with Crippen molar-refractivity contribution in [2.75, 3.05) is 26.3 Å². The average Bonchev–Trinajstić information content (AvgIpc) is 3.19. The van der Waals surface area contributed by atoms with Gasteiger partial charge in [-0.3, -0.25) is 9.59 Å². The van der Waals surface area contributed by atoms with Crippen LogP contribution in [0.1, 0.15) is 41.2 Å². The van der Waals surface area contributed by atoms with E-state index in [0.29, 0.717) is 43.4 Å². The zero-order chi connectivity index (χ0) is 18.8. The van der Waals surface area contributed by atoms with Gasteiger partial charge in [0, 0.05) is 18.7 Å². The van der Waals surface area contributed by atoms with Crippen molar-refractivity contribution in [2.45, 2.75) is 20.3 Å². The topological polar surface area (TPSA) is 89.8 Å². The lowest BCUT2D eigenvalue weighted by Gasteiger charge is -2.13. The number of hydrogen-bond acceptors (Lipinski definition) is 5. The van der Waals surface area contributed by atoms with Gasteiger partial charge in [-0.15, -0.1) is 0 Å². The number of furan rings is 1. The summed E-state index contributed by atoms with van der Waals surface area (Å²) in [7, 11) is 0. The lowest BCUT2D eigenvalue weighted by molar-refractivity contribution is 0.0910. The Bertz CT molecular complexity index is 713. The van der Waals surface area contributed by atoms with Crippen molar-refractivity contribution in [3.63, 3.8) is 0 Å². The molecule has 0 fully saturated rings. The third-order valence-corrected chi connectivity index (χ3v) is 3.41. The van der Waals surface area contributed by atoms with E-state index in [9.17, 15) is 9.59 Å². The minimum Gasteiger partial charge on any atom is -0.490 e. The standard InChI is InChI=1S/C19H24N2O5/c1-3-11-25-15-8-7-14(13-17(15)24-4-2)18(22)20-9-10-21-19(23)16-6-5-12-26-16/h5-8,12-13H,3-4,9-11H2,1-2H3,(H,20,22)(H,21,23). The van der Waals surface area contributed by atoms with Crippen molar-refractivity contribution in [3.8, 4) is 11.5 Å². The van der Waals surface area contributed by atoms with Crippen molar-refractivity contribution in [1.82, 2.24) is 10.6 Å². The van der Waals surface area contributed by atoms with Gasteiger partial charge in [0.05, 0.1) is 19.5 Å². The van der Waals surface area contributed by atoms with Crippen molar-refractivity contribution < 1.29 is 23.5 Å². The number of carbonyl (C=O) groups is 2. The molecule has 0 aliphatic rings. The highest BCUT2D eigenvalue weighted by Crippen LogP contribution is 2.28. The number of benzene rings is 1. The number of hydrogen-bond donors (Lipinski definition) is 2. The van der Waals surface area contributed by atoms with Crippen LogP contribution in [0.3, 0.4) is 0 Å². The second-order valence-electron chi connectivity index (χ2n) is 5.43. The Labute approximate surface area is 152 Å². The van der Waals surface area contributed by atoms with Crippen LogP contribution in [0.4, 0.5) is 0 Å². The molecule has 26 heavy (non-hydrogen) atoms. The molecule has 2 amide bonds. The maximum Gasteiger partial charge on any atom is 0.287 e. The smallest absolute Gasteiger partial charge is 0.287 e. The Hall–Kier alpha value is -2.96. The van der Waals surface area contributed by atoms with E-state index in [1.54, 1.807) is 30.3 Å². The second-order valence-corrected chi connectivity index (χ2v) is 5.43. The molecule has 0 aliphatic heterocycles. The summed E-state index contributed by atoms with van der Waals surface area (Å²) in [6.45, 7) is 5.54. The molecule has 0 aliphatic carbocycles. The highest BCUT2D eigenvalue weighted by molar-refractivity contribution is 5.95. The van der Waals surface area contributed by atoms with Gasteiger partial charge in [-0.05, 0) is 43.7 Å². The molecule has 7 nitrogen and oxygen atoms in total. The van der Waals surface area contributed by atoms with E-state index in [0.717, 1.165) is 6.42 Å². The molecule has 7 heteroatoms. The number of rotatable bonds is 10. The van der Waals surface area contributed by atoms with Gasteiger partial charge in [0.1, 0.15) is 0 Å². The number of nitrogens with one attached hydrogen (secondary N) is 2. The van der Waals surface area contributed by atoms with Gasteiger partial charge in [-0.1, -0.05) is 6.92 Å². The zero-order valence-electron chi connectivity index (χ0n) is 15.0. The summed E-state index contributed by atoms with van der Waals surface area (Å²) < 4.78 is 16.2. The number of ether oxygens (including phenoxy) is 2. The van der Waals surface area contributed by atoms with Crippen LogP contribution in [0.25, 0.3) is 0 Å². The molecule has 0 unspecified atom stereocenters.